The predicted molar refractivity (Wildman–Crippen MR) is 97.4 cm³/mol. The van der Waals surface area contributed by atoms with E-state index in [1.807, 2.05) is 35.0 Å². The van der Waals surface area contributed by atoms with E-state index in [1.165, 1.54) is 5.56 Å². The molecule has 2 aromatic carbocycles. The van der Waals surface area contributed by atoms with Crippen molar-refractivity contribution in [3.05, 3.63) is 65.9 Å². The maximum Gasteiger partial charge on any atom is 0.119 e. The van der Waals surface area contributed by atoms with E-state index in [9.17, 15) is 0 Å². The second kappa shape index (κ2) is 7.32. The highest BCUT2D eigenvalue weighted by molar-refractivity contribution is 5.63. The van der Waals surface area contributed by atoms with Gasteiger partial charge in [-0.1, -0.05) is 36.8 Å². The highest BCUT2D eigenvalue weighted by Gasteiger charge is 2.11. The third kappa shape index (κ3) is 3.49. The molecule has 0 aliphatic carbocycles. The minimum atomic E-state index is 0.420. The van der Waals surface area contributed by atoms with Gasteiger partial charge in [-0.2, -0.15) is 5.10 Å². The number of ether oxygens (including phenoxy) is 1. The van der Waals surface area contributed by atoms with Crippen LogP contribution >= 0.6 is 0 Å². The number of aromatic nitrogens is 2. The summed E-state index contributed by atoms with van der Waals surface area (Å²) in [6, 6.07) is 18.5. The molecule has 0 unspecified atom stereocenters. The number of aryl methyl sites for hydroxylation is 1. The third-order valence-corrected chi connectivity index (χ3v) is 3.87. The molecule has 124 valence electrons. The van der Waals surface area contributed by atoms with Crippen molar-refractivity contribution in [1.29, 1.82) is 0 Å². The van der Waals surface area contributed by atoms with Crippen molar-refractivity contribution in [1.82, 2.24) is 9.78 Å². The van der Waals surface area contributed by atoms with E-state index in [4.69, 9.17) is 10.5 Å². The Morgan fingerprint density at radius 2 is 1.75 bits per heavy atom. The third-order valence-electron chi connectivity index (χ3n) is 3.87. The minimum absolute atomic E-state index is 0.420. The molecule has 1 heterocycles. The highest BCUT2D eigenvalue weighted by Crippen LogP contribution is 2.25. The van der Waals surface area contributed by atoms with Gasteiger partial charge in [0.05, 0.1) is 23.7 Å². The molecule has 0 saturated carbocycles. The largest absolute Gasteiger partial charge is 0.494 e. The van der Waals surface area contributed by atoms with Crippen LogP contribution in [0.1, 0.15) is 24.6 Å². The van der Waals surface area contributed by atoms with Gasteiger partial charge in [-0.05, 0) is 43.7 Å². The first-order chi connectivity index (χ1) is 11.7. The van der Waals surface area contributed by atoms with E-state index >= 15 is 0 Å². The van der Waals surface area contributed by atoms with E-state index in [0.29, 0.717) is 6.54 Å². The first-order valence-corrected chi connectivity index (χ1v) is 8.30. The van der Waals surface area contributed by atoms with Crippen LogP contribution in [0.2, 0.25) is 0 Å². The molecular formula is C20H23N3O. The summed E-state index contributed by atoms with van der Waals surface area (Å²) in [6.07, 6.45) is 0.998. The second-order valence-corrected chi connectivity index (χ2v) is 5.85. The molecule has 0 aliphatic rings. The molecule has 3 rings (SSSR count). The molecule has 24 heavy (non-hydrogen) atoms. The second-order valence-electron chi connectivity index (χ2n) is 5.85. The van der Waals surface area contributed by atoms with Gasteiger partial charge in [0.1, 0.15) is 5.75 Å². The fourth-order valence-electron chi connectivity index (χ4n) is 2.56. The summed E-state index contributed by atoms with van der Waals surface area (Å²) in [7, 11) is 0. The molecule has 4 heteroatoms. The summed E-state index contributed by atoms with van der Waals surface area (Å²) >= 11 is 0. The van der Waals surface area contributed by atoms with E-state index < -0.39 is 0 Å². The maximum absolute atomic E-state index is 5.80. The lowest BCUT2D eigenvalue weighted by atomic mass is 10.1. The Hall–Kier alpha value is -2.59. The lowest BCUT2D eigenvalue weighted by Crippen LogP contribution is -2.02. The maximum atomic E-state index is 5.80. The van der Waals surface area contributed by atoms with Crippen molar-refractivity contribution in [3.8, 4) is 22.7 Å². The number of hydrogen-bond donors (Lipinski definition) is 1. The predicted octanol–water partition coefficient (Wildman–Crippen LogP) is 4.10. The first-order valence-electron chi connectivity index (χ1n) is 8.30. The van der Waals surface area contributed by atoms with Gasteiger partial charge in [0.15, 0.2) is 0 Å². The molecule has 3 aromatic rings. The first kappa shape index (κ1) is 16.3. The zero-order chi connectivity index (χ0) is 16.9. The Balaban J connectivity index is 1.97. The molecule has 0 fully saturated rings. The van der Waals surface area contributed by atoms with Crippen molar-refractivity contribution < 1.29 is 4.74 Å². The van der Waals surface area contributed by atoms with Crippen LogP contribution in [-0.2, 0) is 6.54 Å². The molecule has 1 aromatic heterocycles. The monoisotopic (exact) mass is 321 g/mol. The van der Waals surface area contributed by atoms with Crippen LogP contribution in [0.3, 0.4) is 0 Å². The van der Waals surface area contributed by atoms with E-state index in [0.717, 1.165) is 41.4 Å². The van der Waals surface area contributed by atoms with Crippen LogP contribution in [0.5, 0.6) is 5.75 Å². The standard InChI is InChI=1S/C20H23N3O/c1-3-12-24-19-10-8-18(9-11-19)23-20(13-17(14-21)22-23)16-6-4-15(2)5-7-16/h4-11,13H,3,12,14,21H2,1-2H3. The Kier molecular flexibility index (Phi) is 4.96. The summed E-state index contributed by atoms with van der Waals surface area (Å²) in [5.41, 5.74) is 11.1. The van der Waals surface area contributed by atoms with Gasteiger partial charge in [-0.3, -0.25) is 0 Å². The summed E-state index contributed by atoms with van der Waals surface area (Å²) < 4.78 is 7.59. The van der Waals surface area contributed by atoms with Gasteiger partial charge >= 0.3 is 0 Å². The van der Waals surface area contributed by atoms with Crippen LogP contribution < -0.4 is 10.5 Å². The molecule has 0 spiro atoms. The SMILES string of the molecule is CCCOc1ccc(-n2nc(CN)cc2-c2ccc(C)cc2)cc1. The van der Waals surface area contributed by atoms with Crippen LogP contribution in [0.15, 0.2) is 54.6 Å². The number of nitrogens with two attached hydrogens (primary N) is 1. The highest BCUT2D eigenvalue weighted by atomic mass is 16.5. The van der Waals surface area contributed by atoms with Crippen LogP contribution in [-0.4, -0.2) is 16.4 Å². The van der Waals surface area contributed by atoms with Gasteiger partial charge in [-0.15, -0.1) is 0 Å². The topological polar surface area (TPSA) is 53.1 Å². The molecular weight excluding hydrogens is 298 g/mol. The quantitative estimate of drug-likeness (QED) is 0.744. The Labute approximate surface area is 142 Å². The van der Waals surface area contributed by atoms with Gasteiger partial charge < -0.3 is 10.5 Å². The van der Waals surface area contributed by atoms with E-state index in [-0.39, 0.29) is 0 Å². The Morgan fingerprint density at radius 1 is 1.04 bits per heavy atom. The number of nitrogens with zero attached hydrogens (tertiary/aromatic N) is 2. The zero-order valence-electron chi connectivity index (χ0n) is 14.2. The molecule has 0 radical (unpaired) electrons. The molecule has 0 bridgehead atoms. The fourth-order valence-corrected chi connectivity index (χ4v) is 2.56. The minimum Gasteiger partial charge on any atom is -0.494 e. The Bertz CT molecular complexity index is 789. The lowest BCUT2D eigenvalue weighted by Gasteiger charge is -2.09. The molecule has 0 aliphatic heterocycles. The van der Waals surface area contributed by atoms with Crippen molar-refractivity contribution in [2.24, 2.45) is 5.73 Å². The van der Waals surface area contributed by atoms with Crippen molar-refractivity contribution >= 4 is 0 Å². The van der Waals surface area contributed by atoms with Crippen molar-refractivity contribution in [2.75, 3.05) is 6.61 Å². The fraction of sp³-hybridized carbons (Fsp3) is 0.250. The zero-order valence-corrected chi connectivity index (χ0v) is 14.2. The average Bonchev–Trinajstić information content (AvgIpc) is 3.05. The summed E-state index contributed by atoms with van der Waals surface area (Å²) in [4.78, 5) is 0. The Morgan fingerprint density at radius 3 is 2.38 bits per heavy atom. The molecule has 0 saturated heterocycles. The van der Waals surface area contributed by atoms with Gasteiger partial charge in [0.2, 0.25) is 0 Å². The van der Waals surface area contributed by atoms with E-state index in [2.05, 4.69) is 43.2 Å². The van der Waals surface area contributed by atoms with Gasteiger partial charge in [0, 0.05) is 12.1 Å². The van der Waals surface area contributed by atoms with E-state index in [1.54, 1.807) is 0 Å². The van der Waals surface area contributed by atoms with Crippen LogP contribution in [0.4, 0.5) is 0 Å². The van der Waals surface area contributed by atoms with Crippen LogP contribution in [0, 0.1) is 6.92 Å². The summed E-state index contributed by atoms with van der Waals surface area (Å²) in [5.74, 6) is 0.878. The molecule has 0 amide bonds. The molecule has 0 atom stereocenters. The number of benzene rings is 2. The molecule has 2 N–H and O–H groups in total. The van der Waals surface area contributed by atoms with Gasteiger partial charge in [-0.25, -0.2) is 4.68 Å². The lowest BCUT2D eigenvalue weighted by molar-refractivity contribution is 0.317. The normalized spacial score (nSPS) is 10.8. The summed E-state index contributed by atoms with van der Waals surface area (Å²) in [6.45, 7) is 5.33. The summed E-state index contributed by atoms with van der Waals surface area (Å²) in [5, 5.41) is 4.64. The number of rotatable bonds is 6. The smallest absolute Gasteiger partial charge is 0.119 e. The number of hydrogen-bond acceptors (Lipinski definition) is 3. The van der Waals surface area contributed by atoms with Gasteiger partial charge in [0.25, 0.3) is 0 Å². The molecule has 4 nitrogen and oxygen atoms in total. The van der Waals surface area contributed by atoms with Crippen molar-refractivity contribution in [2.45, 2.75) is 26.8 Å². The van der Waals surface area contributed by atoms with Crippen molar-refractivity contribution in [3.63, 3.8) is 0 Å². The average molecular weight is 321 g/mol. The van der Waals surface area contributed by atoms with Crippen LogP contribution in [0.25, 0.3) is 16.9 Å².